The maximum absolute atomic E-state index is 10.1. The van der Waals surface area contributed by atoms with Crippen LogP contribution in [0.5, 0.6) is 5.75 Å². The molecule has 0 saturated heterocycles. The summed E-state index contributed by atoms with van der Waals surface area (Å²) in [5.41, 5.74) is 2.36. The fourth-order valence-corrected chi connectivity index (χ4v) is 2.90. The van der Waals surface area contributed by atoms with Gasteiger partial charge in [-0.3, -0.25) is 0 Å². The summed E-state index contributed by atoms with van der Waals surface area (Å²) in [7, 11) is 0. The summed E-state index contributed by atoms with van der Waals surface area (Å²) in [6.07, 6.45) is 2.18. The van der Waals surface area contributed by atoms with E-state index in [9.17, 15) is 5.11 Å². The molecule has 0 bridgehead atoms. The van der Waals surface area contributed by atoms with Crippen molar-refractivity contribution < 1.29 is 5.11 Å². The van der Waals surface area contributed by atoms with Crippen LogP contribution in [0.4, 0.5) is 0 Å². The van der Waals surface area contributed by atoms with Gasteiger partial charge < -0.3 is 9.67 Å². The lowest BCUT2D eigenvalue weighted by atomic mass is 10.2. The molecule has 0 atom stereocenters. The highest BCUT2D eigenvalue weighted by molar-refractivity contribution is 7.99. The summed E-state index contributed by atoms with van der Waals surface area (Å²) in [6.45, 7) is 8.74. The Morgan fingerprint density at radius 1 is 1.22 bits per heavy atom. The van der Waals surface area contributed by atoms with E-state index in [2.05, 4.69) is 44.5 Å². The van der Waals surface area contributed by atoms with Crippen LogP contribution in [-0.4, -0.2) is 14.9 Å². The van der Waals surface area contributed by atoms with E-state index in [-0.39, 0.29) is 0 Å². The highest BCUT2D eigenvalue weighted by atomic mass is 32.2. The molecule has 2 rings (SSSR count). The minimum atomic E-state index is 0.395. The van der Waals surface area contributed by atoms with Crippen LogP contribution >= 0.6 is 11.8 Å². The predicted octanol–water partition coefficient (Wildman–Crippen LogP) is 4.57. The number of thioether (sulfide) groups is 1. The molecule has 98 valence electrons. The van der Waals surface area contributed by atoms with Gasteiger partial charge in [-0.2, -0.15) is 11.8 Å². The topological polar surface area (TPSA) is 25.2 Å². The number of aromatic hydroxyl groups is 1. The molecule has 0 aliphatic carbocycles. The largest absolute Gasteiger partial charge is 0.507 e. The molecule has 0 saturated carbocycles. The molecule has 0 aliphatic rings. The molecule has 0 amide bonds. The molecule has 1 heterocycles. The summed E-state index contributed by atoms with van der Waals surface area (Å²) >= 11 is 1.91. The molecular formula is C15H21NOS. The van der Waals surface area contributed by atoms with E-state index in [1.54, 1.807) is 6.07 Å². The number of fused-ring (bicyclic) bond motifs is 1. The van der Waals surface area contributed by atoms with Crippen LogP contribution in [-0.2, 0) is 5.75 Å². The maximum atomic E-state index is 10.1. The van der Waals surface area contributed by atoms with E-state index in [0.717, 1.165) is 16.7 Å². The zero-order valence-corrected chi connectivity index (χ0v) is 12.3. The summed E-state index contributed by atoms with van der Waals surface area (Å²) < 4.78 is 2.24. The van der Waals surface area contributed by atoms with Gasteiger partial charge in [0.05, 0.1) is 5.52 Å². The van der Waals surface area contributed by atoms with Crippen LogP contribution in [0.25, 0.3) is 10.9 Å². The lowest BCUT2D eigenvalue weighted by Gasteiger charge is -2.08. The van der Waals surface area contributed by atoms with Crippen LogP contribution in [0, 0.1) is 0 Å². The van der Waals surface area contributed by atoms with Crippen LogP contribution in [0.15, 0.2) is 24.4 Å². The normalized spacial score (nSPS) is 11.9. The summed E-state index contributed by atoms with van der Waals surface area (Å²) in [5.74, 6) is 1.34. The Kier molecular flexibility index (Phi) is 3.91. The first-order chi connectivity index (χ1) is 8.50. The average molecular weight is 263 g/mol. The van der Waals surface area contributed by atoms with Crippen molar-refractivity contribution in [2.45, 2.75) is 44.7 Å². The van der Waals surface area contributed by atoms with Gasteiger partial charge in [-0.1, -0.05) is 19.9 Å². The minimum Gasteiger partial charge on any atom is -0.507 e. The lowest BCUT2D eigenvalue weighted by Crippen LogP contribution is -1.97. The van der Waals surface area contributed by atoms with Crippen molar-refractivity contribution in [1.29, 1.82) is 0 Å². The number of hydrogen-bond donors (Lipinski definition) is 1. The Morgan fingerprint density at radius 3 is 2.56 bits per heavy atom. The Bertz CT molecular complexity index is 543. The molecule has 18 heavy (non-hydrogen) atoms. The highest BCUT2D eigenvalue weighted by Crippen LogP contribution is 2.34. The van der Waals surface area contributed by atoms with Crippen molar-refractivity contribution in [1.82, 2.24) is 4.57 Å². The van der Waals surface area contributed by atoms with Crippen molar-refractivity contribution in [3.05, 3.63) is 30.0 Å². The van der Waals surface area contributed by atoms with Crippen molar-refractivity contribution in [3.8, 4) is 5.75 Å². The van der Waals surface area contributed by atoms with Gasteiger partial charge in [0.1, 0.15) is 5.75 Å². The molecular weight excluding hydrogens is 242 g/mol. The third-order valence-corrected chi connectivity index (χ3v) is 4.19. The quantitative estimate of drug-likeness (QED) is 0.874. The Morgan fingerprint density at radius 2 is 1.94 bits per heavy atom. The number of phenolic OH excluding ortho intramolecular Hbond substituents is 1. The molecule has 0 fully saturated rings. The Balaban J connectivity index is 2.52. The van der Waals surface area contributed by atoms with E-state index in [1.165, 1.54) is 5.56 Å². The first-order valence-corrected chi connectivity index (χ1v) is 7.48. The molecule has 0 unspecified atom stereocenters. The van der Waals surface area contributed by atoms with Crippen molar-refractivity contribution in [2.75, 3.05) is 0 Å². The predicted molar refractivity (Wildman–Crippen MR) is 80.4 cm³/mol. The second-order valence-electron chi connectivity index (χ2n) is 5.19. The fourth-order valence-electron chi connectivity index (χ4n) is 2.17. The van der Waals surface area contributed by atoms with Crippen molar-refractivity contribution in [2.24, 2.45) is 0 Å². The first kappa shape index (κ1) is 13.3. The molecule has 1 aromatic carbocycles. The zero-order chi connectivity index (χ0) is 13.3. The third kappa shape index (κ3) is 2.51. The second kappa shape index (κ2) is 5.27. The molecule has 3 heteroatoms. The van der Waals surface area contributed by atoms with Crippen LogP contribution in [0.1, 0.15) is 39.3 Å². The minimum absolute atomic E-state index is 0.395. The summed E-state index contributed by atoms with van der Waals surface area (Å²) in [4.78, 5) is 0. The monoisotopic (exact) mass is 263 g/mol. The van der Waals surface area contributed by atoms with Crippen molar-refractivity contribution >= 4 is 22.7 Å². The molecule has 1 N–H and O–H groups in total. The lowest BCUT2D eigenvalue weighted by molar-refractivity contribution is 0.481. The van der Waals surface area contributed by atoms with Crippen LogP contribution in [0.3, 0.4) is 0 Å². The van der Waals surface area contributed by atoms with Gasteiger partial charge in [-0.05, 0) is 36.8 Å². The molecule has 0 spiro atoms. The molecule has 2 aromatic rings. The van der Waals surface area contributed by atoms with E-state index in [1.807, 2.05) is 17.8 Å². The smallest absolute Gasteiger partial charge is 0.125 e. The van der Waals surface area contributed by atoms with Gasteiger partial charge in [-0.15, -0.1) is 0 Å². The van der Waals surface area contributed by atoms with Gasteiger partial charge in [0.2, 0.25) is 0 Å². The Labute approximate surface area is 113 Å². The number of benzene rings is 1. The Hall–Kier alpha value is -1.09. The van der Waals surface area contributed by atoms with E-state index >= 15 is 0 Å². The van der Waals surface area contributed by atoms with Gasteiger partial charge >= 0.3 is 0 Å². The SMILES string of the molecule is CC(C)SCc1cn(C(C)C)c2cccc(O)c12. The number of phenols is 1. The molecule has 2 nitrogen and oxygen atoms in total. The number of hydrogen-bond acceptors (Lipinski definition) is 2. The van der Waals surface area contributed by atoms with Gasteiger partial charge in [0.15, 0.2) is 0 Å². The third-order valence-electron chi connectivity index (χ3n) is 3.04. The zero-order valence-electron chi connectivity index (χ0n) is 11.5. The van der Waals surface area contributed by atoms with Gasteiger partial charge in [0, 0.05) is 23.4 Å². The fraction of sp³-hybridized carbons (Fsp3) is 0.467. The summed E-state index contributed by atoms with van der Waals surface area (Å²) in [6, 6.07) is 6.18. The maximum Gasteiger partial charge on any atom is 0.125 e. The van der Waals surface area contributed by atoms with Gasteiger partial charge in [-0.25, -0.2) is 0 Å². The highest BCUT2D eigenvalue weighted by Gasteiger charge is 2.13. The number of rotatable bonds is 4. The van der Waals surface area contributed by atoms with E-state index in [4.69, 9.17) is 0 Å². The van der Waals surface area contributed by atoms with Crippen LogP contribution < -0.4 is 0 Å². The van der Waals surface area contributed by atoms with Crippen molar-refractivity contribution in [3.63, 3.8) is 0 Å². The number of aromatic nitrogens is 1. The van der Waals surface area contributed by atoms with E-state index < -0.39 is 0 Å². The molecule has 0 aliphatic heterocycles. The molecule has 1 aromatic heterocycles. The standard InChI is InChI=1S/C15H21NOS/c1-10(2)16-8-12(9-18-11(3)4)15-13(16)6-5-7-14(15)17/h5-8,10-11,17H,9H2,1-4H3. The van der Waals surface area contributed by atoms with E-state index in [0.29, 0.717) is 17.0 Å². The second-order valence-corrected chi connectivity index (χ2v) is 6.75. The average Bonchev–Trinajstić information content (AvgIpc) is 2.67. The number of nitrogens with zero attached hydrogens (tertiary/aromatic N) is 1. The first-order valence-electron chi connectivity index (χ1n) is 6.43. The summed E-state index contributed by atoms with van der Waals surface area (Å²) in [5, 5.41) is 11.7. The van der Waals surface area contributed by atoms with Gasteiger partial charge in [0.25, 0.3) is 0 Å². The van der Waals surface area contributed by atoms with Crippen LogP contribution in [0.2, 0.25) is 0 Å². The molecule has 0 radical (unpaired) electrons.